The van der Waals surface area contributed by atoms with Crippen LogP contribution in [-0.4, -0.2) is 62.1 Å². The maximum absolute atomic E-state index is 12.8. The van der Waals surface area contributed by atoms with Crippen LogP contribution >= 0.6 is 0 Å². The Morgan fingerprint density at radius 1 is 1.00 bits per heavy atom. The van der Waals surface area contributed by atoms with E-state index in [4.69, 9.17) is 9.47 Å². The van der Waals surface area contributed by atoms with Crippen molar-refractivity contribution >= 4 is 5.91 Å². The van der Waals surface area contributed by atoms with Crippen LogP contribution in [0.1, 0.15) is 36.0 Å². The van der Waals surface area contributed by atoms with E-state index in [1.165, 1.54) is 25.7 Å². The van der Waals surface area contributed by atoms with E-state index in [9.17, 15) is 4.79 Å². The summed E-state index contributed by atoms with van der Waals surface area (Å²) >= 11 is 0. The Morgan fingerprint density at radius 3 is 2.36 bits per heavy atom. The quantitative estimate of drug-likeness (QED) is 0.842. The van der Waals surface area contributed by atoms with Gasteiger partial charge in [-0.05, 0) is 49.3 Å². The number of nitrogens with zero attached hydrogens (tertiary/aromatic N) is 2. The summed E-state index contributed by atoms with van der Waals surface area (Å²) in [6.45, 7) is 3.65. The maximum atomic E-state index is 12.8. The Morgan fingerprint density at radius 2 is 1.76 bits per heavy atom. The number of carbonyl (C=O) groups excluding carboxylic acids is 1. The SMILES string of the molecule is COc1ccc(C(=O)N2CCN([C@@H]3C[C@@H]4CC[C@@H]3C4)CC2)cc1OC. The molecule has 4 rings (SSSR count). The monoisotopic (exact) mass is 344 g/mol. The largest absolute Gasteiger partial charge is 0.493 e. The second kappa shape index (κ2) is 6.87. The van der Waals surface area contributed by atoms with Crippen LogP contribution in [0.15, 0.2) is 18.2 Å². The first kappa shape index (κ1) is 16.7. The summed E-state index contributed by atoms with van der Waals surface area (Å²) in [6, 6.07) is 6.18. The summed E-state index contributed by atoms with van der Waals surface area (Å²) in [5.41, 5.74) is 0.672. The molecule has 1 amide bonds. The second-order valence-electron chi connectivity index (χ2n) is 7.64. The van der Waals surface area contributed by atoms with Crippen molar-refractivity contribution in [3.8, 4) is 11.5 Å². The van der Waals surface area contributed by atoms with Gasteiger partial charge in [-0.2, -0.15) is 0 Å². The minimum Gasteiger partial charge on any atom is -0.493 e. The van der Waals surface area contributed by atoms with Crippen LogP contribution < -0.4 is 9.47 Å². The van der Waals surface area contributed by atoms with Gasteiger partial charge in [0, 0.05) is 37.8 Å². The van der Waals surface area contributed by atoms with Crippen LogP contribution in [0.3, 0.4) is 0 Å². The highest BCUT2D eigenvalue weighted by Gasteiger charge is 2.42. The molecule has 3 fully saturated rings. The van der Waals surface area contributed by atoms with Gasteiger partial charge < -0.3 is 14.4 Å². The fourth-order valence-corrected chi connectivity index (χ4v) is 5.07. The van der Waals surface area contributed by atoms with Crippen LogP contribution in [0.4, 0.5) is 0 Å². The summed E-state index contributed by atoms with van der Waals surface area (Å²) in [7, 11) is 3.20. The first-order chi connectivity index (χ1) is 12.2. The lowest BCUT2D eigenvalue weighted by Gasteiger charge is -2.41. The summed E-state index contributed by atoms with van der Waals surface area (Å²) < 4.78 is 10.6. The first-order valence-corrected chi connectivity index (χ1v) is 9.45. The highest BCUT2D eigenvalue weighted by Crippen LogP contribution is 2.46. The number of benzene rings is 1. The molecule has 2 aliphatic carbocycles. The fourth-order valence-electron chi connectivity index (χ4n) is 5.07. The number of methoxy groups -OCH3 is 2. The predicted octanol–water partition coefficient (Wildman–Crippen LogP) is 2.65. The van der Waals surface area contributed by atoms with Crippen molar-refractivity contribution in [1.82, 2.24) is 9.80 Å². The zero-order valence-electron chi connectivity index (χ0n) is 15.2. The Labute approximate surface area is 149 Å². The number of carbonyl (C=O) groups is 1. The standard InChI is InChI=1S/C20H28N2O3/c1-24-18-6-5-16(13-19(18)25-2)20(23)22-9-7-21(8-10-22)17-12-14-3-4-15(17)11-14/h5-6,13-15,17H,3-4,7-12H2,1-2H3/t14-,15-,17-/m1/s1. The average molecular weight is 344 g/mol. The van der Waals surface area contributed by atoms with Gasteiger partial charge in [0.25, 0.3) is 5.91 Å². The van der Waals surface area contributed by atoms with Crippen molar-refractivity contribution in [2.24, 2.45) is 11.8 Å². The molecule has 2 bridgehead atoms. The Balaban J connectivity index is 1.38. The van der Waals surface area contributed by atoms with E-state index < -0.39 is 0 Å². The predicted molar refractivity (Wildman–Crippen MR) is 96.3 cm³/mol. The molecule has 3 atom stereocenters. The number of amides is 1. The molecule has 0 aromatic heterocycles. The molecule has 1 saturated heterocycles. The van der Waals surface area contributed by atoms with E-state index in [0.717, 1.165) is 44.1 Å². The Bertz CT molecular complexity index is 640. The third kappa shape index (κ3) is 3.10. The fraction of sp³-hybridized carbons (Fsp3) is 0.650. The van der Waals surface area contributed by atoms with Crippen LogP contribution in [-0.2, 0) is 0 Å². The average Bonchev–Trinajstić information content (AvgIpc) is 3.30. The highest BCUT2D eigenvalue weighted by molar-refractivity contribution is 5.95. The third-order valence-electron chi connectivity index (χ3n) is 6.40. The number of fused-ring (bicyclic) bond motifs is 2. The number of piperazine rings is 1. The van der Waals surface area contributed by atoms with Crippen molar-refractivity contribution in [3.63, 3.8) is 0 Å². The molecule has 5 nitrogen and oxygen atoms in total. The summed E-state index contributed by atoms with van der Waals surface area (Å²) in [5.74, 6) is 3.24. The first-order valence-electron chi connectivity index (χ1n) is 9.45. The van der Waals surface area contributed by atoms with Crippen molar-refractivity contribution in [3.05, 3.63) is 23.8 Å². The molecule has 25 heavy (non-hydrogen) atoms. The molecule has 0 N–H and O–H groups in total. The summed E-state index contributed by atoms with van der Waals surface area (Å²) in [4.78, 5) is 17.5. The second-order valence-corrected chi connectivity index (χ2v) is 7.64. The zero-order valence-corrected chi connectivity index (χ0v) is 15.2. The molecule has 0 unspecified atom stereocenters. The third-order valence-corrected chi connectivity index (χ3v) is 6.40. The van der Waals surface area contributed by atoms with Gasteiger partial charge in [0.2, 0.25) is 0 Å². The van der Waals surface area contributed by atoms with E-state index >= 15 is 0 Å². The van der Waals surface area contributed by atoms with Crippen LogP contribution in [0, 0.1) is 11.8 Å². The van der Waals surface area contributed by atoms with E-state index in [0.29, 0.717) is 17.1 Å². The highest BCUT2D eigenvalue weighted by atomic mass is 16.5. The topological polar surface area (TPSA) is 42.0 Å². The van der Waals surface area contributed by atoms with Gasteiger partial charge in [0.05, 0.1) is 14.2 Å². The van der Waals surface area contributed by atoms with Gasteiger partial charge in [0.15, 0.2) is 11.5 Å². The molecule has 1 aromatic carbocycles. The molecule has 1 aliphatic heterocycles. The minimum atomic E-state index is 0.0912. The van der Waals surface area contributed by atoms with Crippen molar-refractivity contribution < 1.29 is 14.3 Å². The van der Waals surface area contributed by atoms with Crippen molar-refractivity contribution in [2.45, 2.75) is 31.7 Å². The van der Waals surface area contributed by atoms with Gasteiger partial charge in [-0.3, -0.25) is 9.69 Å². The van der Waals surface area contributed by atoms with E-state index in [-0.39, 0.29) is 5.91 Å². The smallest absolute Gasteiger partial charge is 0.254 e. The van der Waals surface area contributed by atoms with Gasteiger partial charge in [-0.15, -0.1) is 0 Å². The van der Waals surface area contributed by atoms with E-state index in [2.05, 4.69) is 4.90 Å². The number of hydrogen-bond acceptors (Lipinski definition) is 4. The van der Waals surface area contributed by atoms with Gasteiger partial charge in [0.1, 0.15) is 0 Å². The molecule has 0 radical (unpaired) electrons. The number of rotatable bonds is 4. The van der Waals surface area contributed by atoms with Crippen LogP contribution in [0.2, 0.25) is 0 Å². The number of hydrogen-bond donors (Lipinski definition) is 0. The van der Waals surface area contributed by atoms with Gasteiger partial charge in [-0.25, -0.2) is 0 Å². The van der Waals surface area contributed by atoms with E-state index in [1.54, 1.807) is 26.4 Å². The number of ether oxygens (including phenoxy) is 2. The van der Waals surface area contributed by atoms with Crippen molar-refractivity contribution in [1.29, 1.82) is 0 Å². The van der Waals surface area contributed by atoms with Crippen molar-refractivity contribution in [2.75, 3.05) is 40.4 Å². The Kier molecular flexibility index (Phi) is 4.59. The minimum absolute atomic E-state index is 0.0912. The van der Waals surface area contributed by atoms with Crippen LogP contribution in [0.25, 0.3) is 0 Å². The molecule has 1 aromatic rings. The van der Waals surface area contributed by atoms with E-state index in [1.807, 2.05) is 11.0 Å². The molecule has 2 saturated carbocycles. The molecule has 1 heterocycles. The Hall–Kier alpha value is -1.75. The molecular weight excluding hydrogens is 316 g/mol. The van der Waals surface area contributed by atoms with Gasteiger partial charge in [-0.1, -0.05) is 6.42 Å². The molecular formula is C20H28N2O3. The lowest BCUT2D eigenvalue weighted by atomic mass is 9.93. The lowest BCUT2D eigenvalue weighted by molar-refractivity contribution is 0.0495. The maximum Gasteiger partial charge on any atom is 0.254 e. The molecule has 136 valence electrons. The molecule has 5 heteroatoms. The van der Waals surface area contributed by atoms with Gasteiger partial charge >= 0.3 is 0 Å². The van der Waals surface area contributed by atoms with Crippen LogP contribution in [0.5, 0.6) is 11.5 Å². The summed E-state index contributed by atoms with van der Waals surface area (Å²) in [6.07, 6.45) is 5.68. The molecule has 3 aliphatic rings. The normalized spacial score (nSPS) is 29.0. The molecule has 0 spiro atoms. The zero-order chi connectivity index (χ0) is 17.4. The lowest BCUT2D eigenvalue weighted by Crippen LogP contribution is -2.53. The summed E-state index contributed by atoms with van der Waals surface area (Å²) in [5, 5.41) is 0.